The summed E-state index contributed by atoms with van der Waals surface area (Å²) < 4.78 is 5.69. The Balaban J connectivity index is 2.45. The Morgan fingerprint density at radius 3 is 2.62 bits per heavy atom. The zero-order chi connectivity index (χ0) is 15.8. The molecule has 1 N–H and O–H groups in total. The molecule has 2 atom stereocenters. The Hall–Kier alpha value is -1.57. The number of rotatable bonds is 8. The van der Waals surface area contributed by atoms with E-state index in [-0.39, 0.29) is 12.5 Å². The van der Waals surface area contributed by atoms with Crippen LogP contribution >= 0.6 is 0 Å². The molecule has 1 aromatic carbocycles. The fourth-order valence-corrected chi connectivity index (χ4v) is 2.26. The summed E-state index contributed by atoms with van der Waals surface area (Å²) in [5.41, 5.74) is 2.27. The maximum absolute atomic E-state index is 10.1. The molecule has 21 heavy (non-hydrogen) atoms. The lowest BCUT2D eigenvalue weighted by molar-refractivity contribution is 0.0673. The average molecular weight is 290 g/mol. The molecule has 0 bridgehead atoms. The molecule has 1 aromatic rings. The first kappa shape index (κ1) is 17.5. The smallest absolute Gasteiger partial charge is 0.122 e. The monoisotopic (exact) mass is 290 g/mol. The molecule has 0 aromatic heterocycles. The van der Waals surface area contributed by atoms with Crippen LogP contribution in [0.25, 0.3) is 0 Å². The second kappa shape index (κ2) is 8.66. The van der Waals surface area contributed by atoms with E-state index in [1.165, 1.54) is 5.56 Å². The van der Waals surface area contributed by atoms with Gasteiger partial charge in [0.1, 0.15) is 18.5 Å². The van der Waals surface area contributed by atoms with Crippen molar-refractivity contribution >= 4 is 0 Å². The molecule has 2 unspecified atom stereocenters. The average Bonchev–Trinajstić information content (AvgIpc) is 2.45. The van der Waals surface area contributed by atoms with Gasteiger partial charge in [0.15, 0.2) is 0 Å². The molecule has 0 aliphatic heterocycles. The van der Waals surface area contributed by atoms with E-state index in [9.17, 15) is 5.11 Å². The Bertz CT molecular complexity index is 482. The highest BCUT2D eigenvalue weighted by Crippen LogP contribution is 2.18. The van der Waals surface area contributed by atoms with Crippen molar-refractivity contribution < 1.29 is 9.84 Å². The molecule has 0 saturated carbocycles. The number of aliphatic hydroxyl groups excluding tert-OH is 1. The predicted octanol–water partition coefficient (Wildman–Crippen LogP) is 2.52. The summed E-state index contributed by atoms with van der Waals surface area (Å²) in [7, 11) is 0. The Kier molecular flexibility index (Phi) is 7.21. The molecule has 4 heteroatoms. The minimum atomic E-state index is -0.559. The lowest BCUT2D eigenvalue weighted by atomic mass is 10.1. The third kappa shape index (κ3) is 6.16. The molecule has 0 aliphatic carbocycles. The van der Waals surface area contributed by atoms with Gasteiger partial charge in [-0.25, -0.2) is 0 Å². The zero-order valence-corrected chi connectivity index (χ0v) is 13.5. The van der Waals surface area contributed by atoms with E-state index in [1.54, 1.807) is 0 Å². The molecule has 0 fully saturated rings. The highest BCUT2D eigenvalue weighted by atomic mass is 16.5. The summed E-state index contributed by atoms with van der Waals surface area (Å²) in [5.74, 6) is 0.783. The first-order valence-corrected chi connectivity index (χ1v) is 7.46. The maximum Gasteiger partial charge on any atom is 0.122 e. The maximum atomic E-state index is 10.1. The topological polar surface area (TPSA) is 56.5 Å². The van der Waals surface area contributed by atoms with E-state index in [2.05, 4.69) is 17.0 Å². The quantitative estimate of drug-likeness (QED) is 0.799. The fourth-order valence-electron chi connectivity index (χ4n) is 2.26. The molecule has 0 aliphatic rings. The molecule has 0 radical (unpaired) electrons. The lowest BCUT2D eigenvalue weighted by Gasteiger charge is -2.24. The first-order chi connectivity index (χ1) is 9.96. The SMILES string of the molecule is CCN(CC(C)C#N)CC(O)COc1ccc(C)cc1C. The molecule has 116 valence electrons. The molecule has 1 rings (SSSR count). The van der Waals surface area contributed by atoms with Gasteiger partial charge >= 0.3 is 0 Å². The van der Waals surface area contributed by atoms with Gasteiger partial charge in [-0.05, 0) is 38.9 Å². The van der Waals surface area contributed by atoms with Gasteiger partial charge in [0.05, 0.1) is 12.0 Å². The largest absolute Gasteiger partial charge is 0.491 e. The molecular formula is C17H26N2O2. The lowest BCUT2D eigenvalue weighted by Crippen LogP contribution is -2.37. The van der Waals surface area contributed by atoms with Crippen LogP contribution in [-0.2, 0) is 0 Å². The summed E-state index contributed by atoms with van der Waals surface area (Å²) in [6.07, 6.45) is -0.559. The van der Waals surface area contributed by atoms with E-state index in [0.717, 1.165) is 17.9 Å². The Morgan fingerprint density at radius 1 is 1.33 bits per heavy atom. The second-order valence-electron chi connectivity index (χ2n) is 5.62. The van der Waals surface area contributed by atoms with E-state index in [4.69, 9.17) is 10.00 Å². The Labute approximate surface area is 128 Å². The van der Waals surface area contributed by atoms with Crippen molar-refractivity contribution in [1.29, 1.82) is 5.26 Å². The van der Waals surface area contributed by atoms with Crippen LogP contribution in [0, 0.1) is 31.1 Å². The summed E-state index contributed by atoms with van der Waals surface area (Å²) >= 11 is 0. The van der Waals surface area contributed by atoms with Crippen molar-refractivity contribution in [3.05, 3.63) is 29.3 Å². The summed E-state index contributed by atoms with van der Waals surface area (Å²) in [5, 5.41) is 18.9. The number of benzene rings is 1. The van der Waals surface area contributed by atoms with Crippen LogP contribution in [0.2, 0.25) is 0 Å². The number of nitrogens with zero attached hydrogens (tertiary/aromatic N) is 2. The number of aryl methyl sites for hydroxylation is 2. The van der Waals surface area contributed by atoms with Gasteiger partial charge in [-0.15, -0.1) is 0 Å². The highest BCUT2D eigenvalue weighted by Gasteiger charge is 2.14. The molecule has 0 spiro atoms. The van der Waals surface area contributed by atoms with Gasteiger partial charge in [0.2, 0.25) is 0 Å². The van der Waals surface area contributed by atoms with Crippen molar-refractivity contribution in [2.75, 3.05) is 26.2 Å². The van der Waals surface area contributed by atoms with Crippen LogP contribution in [0.15, 0.2) is 18.2 Å². The van der Waals surface area contributed by atoms with Gasteiger partial charge in [-0.3, -0.25) is 4.90 Å². The van der Waals surface area contributed by atoms with E-state index in [1.807, 2.05) is 39.8 Å². The minimum absolute atomic E-state index is 0.0302. The number of hydrogen-bond acceptors (Lipinski definition) is 4. The van der Waals surface area contributed by atoms with Crippen molar-refractivity contribution in [2.45, 2.75) is 33.8 Å². The standard InChI is InChI=1S/C17H26N2O2/c1-5-19(10-14(3)9-18)11-16(20)12-21-17-7-6-13(2)8-15(17)4/h6-8,14,16,20H,5,10-12H2,1-4H3. The number of ether oxygens (including phenoxy) is 1. The van der Waals surface area contributed by atoms with Gasteiger partial charge < -0.3 is 9.84 Å². The molecular weight excluding hydrogens is 264 g/mol. The van der Waals surface area contributed by atoms with Gasteiger partial charge in [0, 0.05) is 13.1 Å². The fraction of sp³-hybridized carbons (Fsp3) is 0.588. The predicted molar refractivity (Wildman–Crippen MR) is 84.3 cm³/mol. The van der Waals surface area contributed by atoms with E-state index in [0.29, 0.717) is 13.1 Å². The third-order valence-corrected chi connectivity index (χ3v) is 3.43. The molecule has 0 amide bonds. The first-order valence-electron chi connectivity index (χ1n) is 7.46. The Morgan fingerprint density at radius 2 is 2.05 bits per heavy atom. The normalized spacial score (nSPS) is 13.8. The molecule has 0 saturated heterocycles. The van der Waals surface area contributed by atoms with E-state index < -0.39 is 6.10 Å². The second-order valence-corrected chi connectivity index (χ2v) is 5.62. The highest BCUT2D eigenvalue weighted by molar-refractivity contribution is 5.35. The van der Waals surface area contributed by atoms with Crippen LogP contribution in [-0.4, -0.2) is 42.4 Å². The number of hydrogen-bond donors (Lipinski definition) is 1. The summed E-state index contributed by atoms with van der Waals surface area (Å²) in [6, 6.07) is 8.22. The van der Waals surface area contributed by atoms with Crippen LogP contribution in [0.4, 0.5) is 0 Å². The van der Waals surface area contributed by atoms with Crippen molar-refractivity contribution in [3.63, 3.8) is 0 Å². The third-order valence-electron chi connectivity index (χ3n) is 3.43. The van der Waals surface area contributed by atoms with Crippen LogP contribution < -0.4 is 4.74 Å². The molecule has 4 nitrogen and oxygen atoms in total. The number of likely N-dealkylation sites (N-methyl/N-ethyl adjacent to an activating group) is 1. The number of aliphatic hydroxyl groups is 1. The zero-order valence-electron chi connectivity index (χ0n) is 13.5. The van der Waals surface area contributed by atoms with Gasteiger partial charge in [0.25, 0.3) is 0 Å². The summed E-state index contributed by atoms with van der Waals surface area (Å²) in [6.45, 7) is 10.2. The van der Waals surface area contributed by atoms with Crippen LogP contribution in [0.3, 0.4) is 0 Å². The van der Waals surface area contributed by atoms with Crippen molar-refractivity contribution in [2.24, 2.45) is 5.92 Å². The van der Waals surface area contributed by atoms with Crippen LogP contribution in [0.1, 0.15) is 25.0 Å². The number of nitriles is 1. The van der Waals surface area contributed by atoms with Crippen molar-refractivity contribution in [3.8, 4) is 11.8 Å². The van der Waals surface area contributed by atoms with Gasteiger partial charge in [-0.1, -0.05) is 24.6 Å². The van der Waals surface area contributed by atoms with E-state index >= 15 is 0 Å². The van der Waals surface area contributed by atoms with Gasteiger partial charge in [-0.2, -0.15) is 5.26 Å². The molecule has 0 heterocycles. The van der Waals surface area contributed by atoms with Crippen LogP contribution in [0.5, 0.6) is 5.75 Å². The minimum Gasteiger partial charge on any atom is -0.491 e. The summed E-state index contributed by atoms with van der Waals surface area (Å²) in [4.78, 5) is 2.07. The van der Waals surface area contributed by atoms with Crippen molar-refractivity contribution in [1.82, 2.24) is 4.90 Å².